The number of carbonyl (C=O) groups excluding carboxylic acids is 5. The van der Waals surface area contributed by atoms with Gasteiger partial charge in [0.15, 0.2) is 0 Å². The molecule has 0 saturated heterocycles. The van der Waals surface area contributed by atoms with Gasteiger partial charge in [0.05, 0.1) is 16.9 Å². The molecular formula is C30H22N2O7. The third kappa shape index (κ3) is 5.10. The molecule has 5 rings (SSSR count). The van der Waals surface area contributed by atoms with Gasteiger partial charge in [-0.2, -0.15) is 0 Å². The van der Waals surface area contributed by atoms with Crippen molar-refractivity contribution in [1.82, 2.24) is 0 Å². The summed E-state index contributed by atoms with van der Waals surface area (Å²) in [6, 6.07) is 19.5. The molecule has 9 heteroatoms. The lowest BCUT2D eigenvalue weighted by molar-refractivity contribution is -0.121. The Bertz CT molecular complexity index is 1570. The second-order valence-corrected chi connectivity index (χ2v) is 8.98. The Labute approximate surface area is 223 Å². The van der Waals surface area contributed by atoms with Crippen molar-refractivity contribution in [3.8, 4) is 11.5 Å². The first-order chi connectivity index (χ1) is 18.7. The number of rotatable bonds is 7. The molecule has 0 radical (unpaired) electrons. The van der Waals surface area contributed by atoms with E-state index in [1.165, 1.54) is 36.4 Å². The minimum atomic E-state index is -0.593. The van der Waals surface area contributed by atoms with Crippen molar-refractivity contribution in [2.75, 3.05) is 9.80 Å². The number of hydrogen-bond acceptors (Lipinski definition) is 7. The van der Waals surface area contributed by atoms with E-state index in [9.17, 15) is 24.0 Å². The van der Waals surface area contributed by atoms with Gasteiger partial charge in [-0.05, 0) is 80.1 Å². The molecule has 0 unspecified atom stereocenters. The quantitative estimate of drug-likeness (QED) is 0.261. The third-order valence-corrected chi connectivity index (χ3v) is 6.20. The Kier molecular flexibility index (Phi) is 6.64. The maximum absolute atomic E-state index is 12.5. The second-order valence-electron chi connectivity index (χ2n) is 8.98. The monoisotopic (exact) mass is 522 g/mol. The fraction of sp³-hybridized carbons (Fsp3) is 0.100. The largest absolute Gasteiger partial charge is 0.489 e. The van der Waals surface area contributed by atoms with E-state index in [-0.39, 0.29) is 24.0 Å². The molecule has 39 heavy (non-hydrogen) atoms. The smallest absolute Gasteiger partial charge is 0.343 e. The molecule has 3 aromatic rings. The Hall–Kier alpha value is -5.31. The first kappa shape index (κ1) is 25.3. The molecule has 9 nitrogen and oxygen atoms in total. The molecule has 0 aromatic heterocycles. The molecule has 0 fully saturated rings. The molecule has 0 aliphatic carbocycles. The van der Waals surface area contributed by atoms with Crippen molar-refractivity contribution in [2.24, 2.45) is 0 Å². The van der Waals surface area contributed by atoms with Crippen LogP contribution < -0.4 is 19.3 Å². The first-order valence-electron chi connectivity index (χ1n) is 12.0. The number of ether oxygens (including phenoxy) is 2. The van der Waals surface area contributed by atoms with E-state index in [1.54, 1.807) is 62.4 Å². The predicted molar refractivity (Wildman–Crippen MR) is 141 cm³/mol. The number of amides is 4. The highest BCUT2D eigenvalue weighted by molar-refractivity contribution is 6.31. The molecule has 194 valence electrons. The van der Waals surface area contributed by atoms with Crippen LogP contribution in [0.15, 0.2) is 96.1 Å². The Morgan fingerprint density at radius 1 is 0.641 bits per heavy atom. The van der Waals surface area contributed by atoms with Crippen molar-refractivity contribution in [1.29, 1.82) is 0 Å². The summed E-state index contributed by atoms with van der Waals surface area (Å²) in [6.45, 7) is 3.43. The lowest BCUT2D eigenvalue weighted by Crippen LogP contribution is -2.30. The number of nitrogens with zero attached hydrogens (tertiary/aromatic N) is 2. The van der Waals surface area contributed by atoms with E-state index in [2.05, 4.69) is 0 Å². The lowest BCUT2D eigenvalue weighted by Gasteiger charge is -2.15. The van der Waals surface area contributed by atoms with Gasteiger partial charge in [-0.3, -0.25) is 19.2 Å². The number of esters is 1. The minimum Gasteiger partial charge on any atom is -0.489 e. The average molecular weight is 523 g/mol. The van der Waals surface area contributed by atoms with Crippen LogP contribution in [0.1, 0.15) is 29.8 Å². The summed E-state index contributed by atoms with van der Waals surface area (Å²) < 4.78 is 11.2. The molecule has 0 N–H and O–H groups in total. The summed E-state index contributed by atoms with van der Waals surface area (Å²) in [6.07, 6.45) is 2.59. The van der Waals surface area contributed by atoms with Gasteiger partial charge < -0.3 is 9.47 Å². The molecule has 2 heterocycles. The zero-order valence-electron chi connectivity index (χ0n) is 21.0. The maximum Gasteiger partial charge on any atom is 0.343 e. The second kappa shape index (κ2) is 10.2. The van der Waals surface area contributed by atoms with Crippen LogP contribution in [0.5, 0.6) is 11.5 Å². The molecular weight excluding hydrogens is 500 g/mol. The van der Waals surface area contributed by atoms with Gasteiger partial charge in [0.2, 0.25) is 0 Å². The molecule has 4 amide bonds. The first-order valence-corrected chi connectivity index (χ1v) is 12.0. The minimum absolute atomic E-state index is 0.252. The predicted octanol–water partition coefficient (Wildman–Crippen LogP) is 4.12. The SMILES string of the molecule is CC1=CC(=O)N(c2ccc(COc3ccc(OC(=O)c4ccc(N5C(=O)C=C(C)C5=O)cc4)cc3)cc2)C1=O. The number of carbonyl (C=O) groups is 5. The van der Waals surface area contributed by atoms with Crippen LogP contribution in [0.2, 0.25) is 0 Å². The van der Waals surface area contributed by atoms with Crippen molar-refractivity contribution in [3.63, 3.8) is 0 Å². The highest BCUT2D eigenvalue weighted by Gasteiger charge is 2.30. The van der Waals surface area contributed by atoms with Gasteiger partial charge in [0, 0.05) is 23.3 Å². The van der Waals surface area contributed by atoms with Crippen LogP contribution in [0.4, 0.5) is 11.4 Å². The normalized spacial score (nSPS) is 15.0. The fourth-order valence-corrected chi connectivity index (χ4v) is 4.09. The van der Waals surface area contributed by atoms with Crippen LogP contribution in [0, 0.1) is 0 Å². The summed E-state index contributed by atoms with van der Waals surface area (Å²) in [4.78, 5) is 63.0. The van der Waals surface area contributed by atoms with Crippen LogP contribution >= 0.6 is 0 Å². The maximum atomic E-state index is 12.5. The van der Waals surface area contributed by atoms with Gasteiger partial charge in [-0.15, -0.1) is 0 Å². The van der Waals surface area contributed by atoms with E-state index < -0.39 is 17.8 Å². The van der Waals surface area contributed by atoms with Crippen LogP contribution in [-0.2, 0) is 25.8 Å². The standard InChI is InChI=1S/C30H22N2O7/c1-18-15-26(33)31(28(18)35)22-7-3-20(4-8-22)17-38-24-11-13-25(14-12-24)39-30(37)21-5-9-23(10-6-21)32-27(34)16-19(2)29(32)36/h3-16H,17H2,1-2H3. The van der Waals surface area contributed by atoms with Gasteiger partial charge in [-0.25, -0.2) is 14.6 Å². The van der Waals surface area contributed by atoms with Gasteiger partial charge in [0.1, 0.15) is 18.1 Å². The molecule has 2 aliphatic rings. The summed E-state index contributed by atoms with van der Waals surface area (Å²) in [7, 11) is 0. The Morgan fingerprint density at radius 3 is 1.56 bits per heavy atom. The molecule has 0 saturated carbocycles. The van der Waals surface area contributed by atoms with Crippen LogP contribution in [-0.4, -0.2) is 29.6 Å². The van der Waals surface area contributed by atoms with E-state index in [1.807, 2.05) is 0 Å². The molecule has 0 atom stereocenters. The fourth-order valence-electron chi connectivity index (χ4n) is 4.09. The van der Waals surface area contributed by atoms with E-state index in [0.717, 1.165) is 15.4 Å². The highest BCUT2D eigenvalue weighted by Crippen LogP contribution is 2.25. The lowest BCUT2D eigenvalue weighted by atomic mass is 10.2. The van der Waals surface area contributed by atoms with Crippen LogP contribution in [0.3, 0.4) is 0 Å². The van der Waals surface area contributed by atoms with Crippen molar-refractivity contribution < 1.29 is 33.4 Å². The average Bonchev–Trinajstić information content (AvgIpc) is 3.34. The zero-order chi connectivity index (χ0) is 27.7. The van der Waals surface area contributed by atoms with Gasteiger partial charge in [-0.1, -0.05) is 12.1 Å². The van der Waals surface area contributed by atoms with Gasteiger partial charge in [0.25, 0.3) is 23.6 Å². The van der Waals surface area contributed by atoms with E-state index >= 15 is 0 Å². The van der Waals surface area contributed by atoms with Crippen molar-refractivity contribution in [2.45, 2.75) is 20.5 Å². The molecule has 3 aromatic carbocycles. The number of benzene rings is 3. The summed E-state index contributed by atoms with van der Waals surface area (Å²) >= 11 is 0. The third-order valence-electron chi connectivity index (χ3n) is 6.20. The Morgan fingerprint density at radius 2 is 1.10 bits per heavy atom. The van der Waals surface area contributed by atoms with E-state index in [0.29, 0.717) is 34.0 Å². The van der Waals surface area contributed by atoms with E-state index in [4.69, 9.17) is 9.47 Å². The Balaban J connectivity index is 1.14. The summed E-state index contributed by atoms with van der Waals surface area (Å²) in [5.41, 5.74) is 2.72. The van der Waals surface area contributed by atoms with Crippen LogP contribution in [0.25, 0.3) is 0 Å². The van der Waals surface area contributed by atoms with Crippen molar-refractivity contribution >= 4 is 41.0 Å². The summed E-state index contributed by atoms with van der Waals surface area (Å²) in [5.74, 6) is -1.23. The molecule has 0 spiro atoms. The van der Waals surface area contributed by atoms with Crippen molar-refractivity contribution in [3.05, 3.63) is 107 Å². The number of imide groups is 2. The summed E-state index contributed by atoms with van der Waals surface area (Å²) in [5, 5.41) is 0. The number of anilines is 2. The molecule has 2 aliphatic heterocycles. The number of hydrogen-bond donors (Lipinski definition) is 0. The van der Waals surface area contributed by atoms with Gasteiger partial charge >= 0.3 is 5.97 Å². The zero-order valence-corrected chi connectivity index (χ0v) is 21.0. The topological polar surface area (TPSA) is 110 Å². The highest BCUT2D eigenvalue weighted by atomic mass is 16.5. The molecule has 0 bridgehead atoms.